The quantitative estimate of drug-likeness (QED) is 0.592. The zero-order chi connectivity index (χ0) is 15.1. The Morgan fingerprint density at radius 2 is 2.05 bits per heavy atom. The van der Waals surface area contributed by atoms with E-state index in [2.05, 4.69) is 4.74 Å². The van der Waals surface area contributed by atoms with Crippen LogP contribution in [0, 0.1) is 12.8 Å². The summed E-state index contributed by atoms with van der Waals surface area (Å²) in [6, 6.07) is 3.53. The zero-order valence-electron chi connectivity index (χ0n) is 12.2. The summed E-state index contributed by atoms with van der Waals surface area (Å²) in [4.78, 5) is 23.2. The lowest BCUT2D eigenvalue weighted by Crippen LogP contribution is -2.29. The Labute approximate surface area is 118 Å². The van der Waals surface area contributed by atoms with Crippen LogP contribution < -0.4 is 0 Å². The van der Waals surface area contributed by atoms with E-state index in [0.29, 0.717) is 12.2 Å². The Bertz CT molecular complexity index is 484. The number of ether oxygens (including phenoxy) is 2. The van der Waals surface area contributed by atoms with E-state index in [0.717, 1.165) is 5.76 Å². The van der Waals surface area contributed by atoms with Gasteiger partial charge in [-0.2, -0.15) is 0 Å². The van der Waals surface area contributed by atoms with Gasteiger partial charge in [-0.3, -0.25) is 0 Å². The van der Waals surface area contributed by atoms with Crippen LogP contribution in [0.3, 0.4) is 0 Å². The van der Waals surface area contributed by atoms with Crippen molar-refractivity contribution in [2.24, 2.45) is 5.92 Å². The summed E-state index contributed by atoms with van der Waals surface area (Å²) in [5.41, 5.74) is 0. The highest BCUT2D eigenvalue weighted by molar-refractivity contribution is 5.89. The van der Waals surface area contributed by atoms with Crippen LogP contribution in [0.25, 0.3) is 6.08 Å². The molecule has 1 aromatic heterocycles. The molecule has 0 saturated heterocycles. The second-order valence-electron chi connectivity index (χ2n) is 4.86. The van der Waals surface area contributed by atoms with Crippen molar-refractivity contribution in [3.05, 3.63) is 29.7 Å². The topological polar surface area (TPSA) is 65.7 Å². The van der Waals surface area contributed by atoms with Crippen LogP contribution in [0.15, 0.2) is 22.6 Å². The van der Waals surface area contributed by atoms with Gasteiger partial charge in [-0.05, 0) is 37.5 Å². The molecule has 0 bridgehead atoms. The average molecular weight is 280 g/mol. The maximum Gasteiger partial charge on any atom is 0.347 e. The molecule has 0 amide bonds. The van der Waals surface area contributed by atoms with E-state index in [4.69, 9.17) is 9.15 Å². The van der Waals surface area contributed by atoms with Crippen molar-refractivity contribution in [1.82, 2.24) is 0 Å². The summed E-state index contributed by atoms with van der Waals surface area (Å²) in [6.45, 7) is 5.68. The average Bonchev–Trinajstić information content (AvgIpc) is 2.80. The van der Waals surface area contributed by atoms with E-state index in [1.54, 1.807) is 12.1 Å². The van der Waals surface area contributed by atoms with Crippen LogP contribution in [0.4, 0.5) is 0 Å². The number of methoxy groups -OCH3 is 1. The van der Waals surface area contributed by atoms with Crippen molar-refractivity contribution in [2.75, 3.05) is 7.11 Å². The fraction of sp³-hybridized carbons (Fsp3) is 0.467. The van der Waals surface area contributed by atoms with Crippen LogP contribution in [-0.4, -0.2) is 25.2 Å². The third kappa shape index (κ3) is 5.30. The van der Waals surface area contributed by atoms with Crippen molar-refractivity contribution in [1.29, 1.82) is 0 Å². The van der Waals surface area contributed by atoms with E-state index in [1.807, 2.05) is 20.8 Å². The van der Waals surface area contributed by atoms with Crippen LogP contribution >= 0.6 is 0 Å². The minimum atomic E-state index is -0.879. The molecular weight excluding hydrogens is 260 g/mol. The van der Waals surface area contributed by atoms with Crippen molar-refractivity contribution in [3.8, 4) is 0 Å². The number of rotatable bonds is 6. The molecule has 0 saturated carbocycles. The van der Waals surface area contributed by atoms with Gasteiger partial charge in [0.2, 0.25) is 0 Å². The second-order valence-corrected chi connectivity index (χ2v) is 4.86. The van der Waals surface area contributed by atoms with E-state index in [9.17, 15) is 9.59 Å². The molecule has 110 valence electrons. The molecule has 5 nitrogen and oxygen atoms in total. The molecule has 0 spiro atoms. The Hall–Kier alpha value is -2.04. The lowest BCUT2D eigenvalue weighted by molar-refractivity contribution is -0.164. The predicted molar refractivity (Wildman–Crippen MR) is 73.8 cm³/mol. The van der Waals surface area contributed by atoms with Crippen molar-refractivity contribution >= 4 is 18.0 Å². The molecule has 1 rings (SSSR count). The first kappa shape index (κ1) is 16.0. The third-order valence-corrected chi connectivity index (χ3v) is 2.55. The highest BCUT2D eigenvalue weighted by atomic mass is 16.6. The maximum atomic E-state index is 11.7. The third-order valence-electron chi connectivity index (χ3n) is 2.55. The van der Waals surface area contributed by atoms with Crippen LogP contribution in [0.2, 0.25) is 0 Å². The maximum absolute atomic E-state index is 11.7. The predicted octanol–water partition coefficient (Wildman–Crippen LogP) is 2.73. The minimum absolute atomic E-state index is 0.212. The van der Waals surface area contributed by atoms with Gasteiger partial charge in [0, 0.05) is 6.08 Å². The van der Waals surface area contributed by atoms with Crippen molar-refractivity contribution in [3.63, 3.8) is 0 Å². The lowest BCUT2D eigenvalue weighted by Gasteiger charge is -2.16. The summed E-state index contributed by atoms with van der Waals surface area (Å²) in [5.74, 6) is 0.371. The number of hydrogen-bond donors (Lipinski definition) is 0. The Morgan fingerprint density at radius 3 is 2.55 bits per heavy atom. The molecule has 1 unspecified atom stereocenters. The number of esters is 2. The summed E-state index contributed by atoms with van der Waals surface area (Å²) < 4.78 is 15.0. The highest BCUT2D eigenvalue weighted by Gasteiger charge is 2.23. The van der Waals surface area contributed by atoms with E-state index in [1.165, 1.54) is 19.3 Å². The van der Waals surface area contributed by atoms with Crippen LogP contribution in [0.1, 0.15) is 31.8 Å². The molecule has 1 heterocycles. The number of carbonyl (C=O) groups is 2. The van der Waals surface area contributed by atoms with Crippen LogP contribution in [0.5, 0.6) is 0 Å². The summed E-state index contributed by atoms with van der Waals surface area (Å²) in [7, 11) is 1.27. The standard InChI is InChI=1S/C15H20O5/c1-10(2)9-13(15(17)18-4)20-14(16)8-7-12-6-5-11(3)19-12/h5-8,10,13H,9H2,1-4H3. The smallest absolute Gasteiger partial charge is 0.347 e. The molecule has 0 N–H and O–H groups in total. The number of aryl methyl sites for hydroxylation is 1. The lowest BCUT2D eigenvalue weighted by atomic mass is 10.1. The molecule has 1 atom stereocenters. The Balaban J connectivity index is 2.61. The molecule has 0 aromatic carbocycles. The Morgan fingerprint density at radius 1 is 1.35 bits per heavy atom. The first-order chi connectivity index (χ1) is 9.42. The molecule has 20 heavy (non-hydrogen) atoms. The van der Waals surface area contributed by atoms with E-state index < -0.39 is 18.0 Å². The SMILES string of the molecule is COC(=O)C(CC(C)C)OC(=O)C=Cc1ccc(C)o1. The number of carbonyl (C=O) groups excluding carboxylic acids is 2. The van der Waals surface area contributed by atoms with E-state index >= 15 is 0 Å². The highest BCUT2D eigenvalue weighted by Crippen LogP contribution is 2.12. The van der Waals surface area contributed by atoms with Crippen molar-refractivity contribution in [2.45, 2.75) is 33.3 Å². The van der Waals surface area contributed by atoms with Gasteiger partial charge in [0.25, 0.3) is 0 Å². The van der Waals surface area contributed by atoms with Gasteiger partial charge in [0.05, 0.1) is 7.11 Å². The fourth-order valence-electron chi connectivity index (χ4n) is 1.62. The van der Waals surface area contributed by atoms with Crippen LogP contribution in [-0.2, 0) is 19.1 Å². The summed E-state index contributed by atoms with van der Waals surface area (Å²) >= 11 is 0. The number of hydrogen-bond acceptors (Lipinski definition) is 5. The van der Waals surface area contributed by atoms with Gasteiger partial charge in [-0.1, -0.05) is 13.8 Å². The van der Waals surface area contributed by atoms with Gasteiger partial charge < -0.3 is 13.9 Å². The first-order valence-corrected chi connectivity index (χ1v) is 6.45. The molecule has 0 fully saturated rings. The van der Waals surface area contributed by atoms with Gasteiger partial charge in [0.15, 0.2) is 6.10 Å². The Kier molecular flexibility index (Phi) is 6.03. The first-order valence-electron chi connectivity index (χ1n) is 6.45. The van der Waals surface area contributed by atoms with Gasteiger partial charge in [0.1, 0.15) is 11.5 Å². The normalized spacial score (nSPS) is 12.7. The number of furan rings is 1. The molecular formula is C15H20O5. The van der Waals surface area contributed by atoms with E-state index in [-0.39, 0.29) is 5.92 Å². The summed E-state index contributed by atoms with van der Waals surface area (Å²) in [5, 5.41) is 0. The molecule has 1 aromatic rings. The molecule has 0 aliphatic heterocycles. The fourth-order valence-corrected chi connectivity index (χ4v) is 1.62. The molecule has 0 aliphatic carbocycles. The summed E-state index contributed by atoms with van der Waals surface area (Å²) in [6.07, 6.45) is 2.27. The largest absolute Gasteiger partial charge is 0.466 e. The molecule has 5 heteroatoms. The zero-order valence-corrected chi connectivity index (χ0v) is 12.2. The molecule has 0 radical (unpaired) electrons. The monoisotopic (exact) mass is 280 g/mol. The molecule has 0 aliphatic rings. The van der Waals surface area contributed by atoms with Gasteiger partial charge in [-0.15, -0.1) is 0 Å². The van der Waals surface area contributed by atoms with Crippen molar-refractivity contribution < 1.29 is 23.5 Å². The van der Waals surface area contributed by atoms with Gasteiger partial charge in [-0.25, -0.2) is 9.59 Å². The second kappa shape index (κ2) is 7.53. The van der Waals surface area contributed by atoms with Gasteiger partial charge >= 0.3 is 11.9 Å². The minimum Gasteiger partial charge on any atom is -0.466 e.